The molecule has 0 spiro atoms. The quantitative estimate of drug-likeness (QED) is 0.525. The number of halogens is 1. The van der Waals surface area contributed by atoms with Crippen LogP contribution in [-0.4, -0.2) is 4.21 Å². The molecule has 0 aromatic rings. The maximum atomic E-state index is 3.34. The van der Waals surface area contributed by atoms with Crippen LogP contribution in [0.5, 0.6) is 0 Å². The minimum Gasteiger partial charge on any atom is -1.00 e. The van der Waals surface area contributed by atoms with Gasteiger partial charge in [0, 0.05) is 0 Å². The SMILES string of the molecule is [C-]1=CC=CC1.[C-]1=CC=CC1.[CH2]=[Zr].[Cl-]. The van der Waals surface area contributed by atoms with Crippen molar-refractivity contribution in [1.82, 2.24) is 0 Å². The van der Waals surface area contributed by atoms with E-state index < -0.39 is 0 Å². The summed E-state index contributed by atoms with van der Waals surface area (Å²) in [5.41, 5.74) is 0. The van der Waals surface area contributed by atoms with Gasteiger partial charge >= 0.3 is 28.4 Å². The van der Waals surface area contributed by atoms with Crippen molar-refractivity contribution in [2.24, 2.45) is 0 Å². The average Bonchev–Trinajstić information content (AvgIpc) is 2.87. The molecule has 0 bridgehead atoms. The summed E-state index contributed by atoms with van der Waals surface area (Å²) in [6, 6.07) is 0. The molecule has 0 aromatic heterocycles. The molecule has 2 aliphatic carbocycles. The van der Waals surface area contributed by atoms with Gasteiger partial charge < -0.3 is 12.4 Å². The van der Waals surface area contributed by atoms with E-state index in [0.29, 0.717) is 0 Å². The molecule has 0 unspecified atom stereocenters. The van der Waals surface area contributed by atoms with Crippen LogP contribution in [0, 0.1) is 12.2 Å². The maximum absolute atomic E-state index is 3.34. The Hall–Kier alpha value is 0.00312. The molecule has 0 nitrogen and oxygen atoms in total. The van der Waals surface area contributed by atoms with Crippen LogP contribution in [0.1, 0.15) is 12.8 Å². The van der Waals surface area contributed by atoms with Crippen LogP contribution in [-0.2, 0) is 24.2 Å². The van der Waals surface area contributed by atoms with Gasteiger partial charge in [-0.1, -0.05) is 0 Å². The Kier molecular flexibility index (Phi) is 17.3. The Bertz CT molecular complexity index is 160. The summed E-state index contributed by atoms with van der Waals surface area (Å²) in [7, 11) is 0. The van der Waals surface area contributed by atoms with E-state index in [1.165, 1.54) is 24.2 Å². The van der Waals surface area contributed by atoms with Crippen molar-refractivity contribution < 1.29 is 36.6 Å². The predicted molar refractivity (Wildman–Crippen MR) is 50.3 cm³/mol. The third-order valence-corrected chi connectivity index (χ3v) is 1.17. The third-order valence-electron chi connectivity index (χ3n) is 1.17. The zero-order valence-corrected chi connectivity index (χ0v) is 10.7. The first-order chi connectivity index (χ1) is 6.00. The van der Waals surface area contributed by atoms with Gasteiger partial charge in [0.2, 0.25) is 0 Å². The first-order valence-electron chi connectivity index (χ1n) is 3.79. The molecule has 0 saturated heterocycles. The van der Waals surface area contributed by atoms with E-state index in [0.717, 1.165) is 12.8 Å². The van der Waals surface area contributed by atoms with Crippen molar-refractivity contribution in [2.45, 2.75) is 12.8 Å². The van der Waals surface area contributed by atoms with E-state index in [2.05, 4.69) is 28.5 Å². The monoisotopic (exact) mass is 269 g/mol. The zero-order valence-electron chi connectivity index (χ0n) is 7.46. The van der Waals surface area contributed by atoms with Crippen LogP contribution < -0.4 is 12.4 Å². The predicted octanol–water partition coefficient (Wildman–Crippen LogP) is -0.419. The van der Waals surface area contributed by atoms with Gasteiger partial charge in [0.25, 0.3) is 0 Å². The van der Waals surface area contributed by atoms with Gasteiger partial charge in [0.05, 0.1) is 0 Å². The molecule has 2 aliphatic rings. The van der Waals surface area contributed by atoms with Crippen molar-refractivity contribution in [3.05, 3.63) is 48.6 Å². The Morgan fingerprint density at radius 3 is 1.38 bits per heavy atom. The molecule has 0 radical (unpaired) electrons. The summed E-state index contributed by atoms with van der Waals surface area (Å²) in [5.74, 6) is 0. The van der Waals surface area contributed by atoms with Gasteiger partial charge in [-0.05, 0) is 0 Å². The van der Waals surface area contributed by atoms with E-state index in [1.807, 2.05) is 24.3 Å². The second-order valence-corrected chi connectivity index (χ2v) is 2.01. The van der Waals surface area contributed by atoms with E-state index >= 15 is 0 Å². The van der Waals surface area contributed by atoms with Crippen molar-refractivity contribution in [3.8, 4) is 0 Å². The molecular formula is C11H12ClZr-3. The van der Waals surface area contributed by atoms with Crippen molar-refractivity contribution in [2.75, 3.05) is 0 Å². The first kappa shape index (κ1) is 15.5. The molecule has 70 valence electrons. The molecule has 2 rings (SSSR count). The molecule has 0 atom stereocenters. The molecule has 0 fully saturated rings. The van der Waals surface area contributed by atoms with Crippen LogP contribution in [0.15, 0.2) is 36.5 Å². The Morgan fingerprint density at radius 2 is 1.31 bits per heavy atom. The largest absolute Gasteiger partial charge is 1.00 e. The van der Waals surface area contributed by atoms with Gasteiger partial charge in [0.15, 0.2) is 0 Å². The summed E-state index contributed by atoms with van der Waals surface area (Å²) in [6.07, 6.45) is 20.0. The fourth-order valence-electron chi connectivity index (χ4n) is 0.680. The zero-order chi connectivity index (χ0) is 9.07. The Balaban J connectivity index is 0. The summed E-state index contributed by atoms with van der Waals surface area (Å²) < 4.78 is 3.34. The van der Waals surface area contributed by atoms with Crippen LogP contribution in [0.25, 0.3) is 0 Å². The molecule has 0 saturated carbocycles. The summed E-state index contributed by atoms with van der Waals surface area (Å²) in [5, 5.41) is 0. The molecule has 0 heterocycles. The second kappa shape index (κ2) is 14.5. The average molecular weight is 271 g/mol. The molecule has 2 heteroatoms. The minimum atomic E-state index is 0. The molecular weight excluding hydrogens is 259 g/mol. The van der Waals surface area contributed by atoms with E-state index in [4.69, 9.17) is 0 Å². The van der Waals surface area contributed by atoms with Crippen LogP contribution >= 0.6 is 0 Å². The smallest absolute Gasteiger partial charge is 1.00 e. The third kappa shape index (κ3) is 12.0. The Labute approximate surface area is 102 Å². The van der Waals surface area contributed by atoms with Crippen molar-refractivity contribution >= 4 is 4.21 Å². The van der Waals surface area contributed by atoms with Gasteiger partial charge in [-0.15, -0.1) is 12.8 Å². The van der Waals surface area contributed by atoms with Crippen LogP contribution in [0.2, 0.25) is 0 Å². The van der Waals surface area contributed by atoms with E-state index in [9.17, 15) is 0 Å². The van der Waals surface area contributed by atoms with Gasteiger partial charge in [-0.25, -0.2) is 24.3 Å². The molecule has 0 aliphatic heterocycles. The van der Waals surface area contributed by atoms with Gasteiger partial charge in [-0.2, -0.15) is 12.2 Å². The van der Waals surface area contributed by atoms with E-state index in [-0.39, 0.29) is 12.4 Å². The van der Waals surface area contributed by atoms with Crippen LogP contribution in [0.3, 0.4) is 0 Å². The summed E-state index contributed by atoms with van der Waals surface area (Å²) in [4.78, 5) is 0. The summed E-state index contributed by atoms with van der Waals surface area (Å²) >= 11 is 1.30. The number of hydrogen-bond acceptors (Lipinski definition) is 0. The second-order valence-electron chi connectivity index (χ2n) is 2.01. The fraction of sp³-hybridized carbons (Fsp3) is 0.182. The van der Waals surface area contributed by atoms with Crippen molar-refractivity contribution in [1.29, 1.82) is 0 Å². The number of hydrogen-bond donors (Lipinski definition) is 0. The Morgan fingerprint density at radius 1 is 0.923 bits per heavy atom. The molecule has 0 aromatic carbocycles. The van der Waals surface area contributed by atoms with Gasteiger partial charge in [0.1, 0.15) is 0 Å². The summed E-state index contributed by atoms with van der Waals surface area (Å²) in [6.45, 7) is 0. The van der Waals surface area contributed by atoms with Crippen LogP contribution in [0.4, 0.5) is 0 Å². The minimum absolute atomic E-state index is 0. The van der Waals surface area contributed by atoms with Crippen molar-refractivity contribution in [3.63, 3.8) is 0 Å². The van der Waals surface area contributed by atoms with Gasteiger partial charge in [-0.3, -0.25) is 12.2 Å². The molecule has 0 amide bonds. The normalized spacial score (nSPS) is 13.8. The topological polar surface area (TPSA) is 0 Å². The molecule has 13 heavy (non-hydrogen) atoms. The standard InChI is InChI=1S/2C5H5.CH2.ClH.Zr/c2*1-2-4-5-3-1;;;/h2*1-3H,4H2;1H2;1H;/q2*-1;;;/p-1. The number of rotatable bonds is 0. The molecule has 0 N–H and O–H groups in total. The first-order valence-corrected chi connectivity index (χ1v) is 5.53. The van der Waals surface area contributed by atoms with E-state index in [1.54, 1.807) is 0 Å². The number of allylic oxidation sites excluding steroid dienone is 8. The maximum Gasteiger partial charge on any atom is -1.00 e. The fourth-order valence-corrected chi connectivity index (χ4v) is 0.680.